The van der Waals surface area contributed by atoms with Gasteiger partial charge in [-0.25, -0.2) is 0 Å². The van der Waals surface area contributed by atoms with Gasteiger partial charge in [-0.05, 0) is 31.4 Å². The topological polar surface area (TPSA) is 68.0 Å². The monoisotopic (exact) mass is 233 g/mol. The van der Waals surface area contributed by atoms with Crippen LogP contribution in [-0.4, -0.2) is 23.0 Å². The van der Waals surface area contributed by atoms with Crippen molar-refractivity contribution < 1.29 is 4.79 Å². The molecule has 3 N–H and O–H groups in total. The molecule has 0 unspecified atom stereocenters. The summed E-state index contributed by atoms with van der Waals surface area (Å²) in [5, 5.41) is 2.90. The molecule has 1 aliphatic rings. The molecule has 0 bridgehead atoms. The maximum atomic E-state index is 11.6. The fourth-order valence-corrected chi connectivity index (χ4v) is 2.07. The van der Waals surface area contributed by atoms with Crippen LogP contribution in [0.15, 0.2) is 24.4 Å². The van der Waals surface area contributed by atoms with E-state index in [1.165, 1.54) is 0 Å². The maximum absolute atomic E-state index is 11.6. The molecule has 1 aromatic rings. The van der Waals surface area contributed by atoms with Gasteiger partial charge >= 0.3 is 0 Å². The van der Waals surface area contributed by atoms with Crippen molar-refractivity contribution in [3.63, 3.8) is 0 Å². The van der Waals surface area contributed by atoms with E-state index in [4.69, 9.17) is 5.73 Å². The highest BCUT2D eigenvalue weighted by Gasteiger charge is 2.34. The number of hydrogen-bond acceptors (Lipinski definition) is 3. The van der Waals surface area contributed by atoms with Crippen LogP contribution in [0.5, 0.6) is 0 Å². The number of carbonyl (C=O) groups excluding carboxylic acids is 1. The summed E-state index contributed by atoms with van der Waals surface area (Å²) in [6.45, 7) is 0.631. The molecule has 0 spiro atoms. The minimum absolute atomic E-state index is 0.0585. The third kappa shape index (κ3) is 3.53. The van der Waals surface area contributed by atoms with Gasteiger partial charge in [0.1, 0.15) is 0 Å². The quantitative estimate of drug-likeness (QED) is 0.797. The Kier molecular flexibility index (Phi) is 3.74. The molecule has 1 saturated carbocycles. The Bertz CT molecular complexity index is 374. The zero-order valence-electron chi connectivity index (χ0n) is 9.98. The summed E-state index contributed by atoms with van der Waals surface area (Å²) in [5.74, 6) is 0.0585. The number of nitrogens with two attached hydrogens (primary N) is 1. The predicted octanol–water partition coefficient (Wildman–Crippen LogP) is 1.01. The lowest BCUT2D eigenvalue weighted by atomic mass is 9.75. The highest BCUT2D eigenvalue weighted by molar-refractivity contribution is 5.77. The first-order valence-electron chi connectivity index (χ1n) is 6.13. The van der Waals surface area contributed by atoms with Crippen molar-refractivity contribution in [2.45, 2.75) is 37.6 Å². The van der Waals surface area contributed by atoms with Crippen LogP contribution in [0.4, 0.5) is 0 Å². The normalized spacial score (nSPS) is 17.2. The van der Waals surface area contributed by atoms with Crippen molar-refractivity contribution >= 4 is 5.91 Å². The van der Waals surface area contributed by atoms with Crippen LogP contribution in [0, 0.1) is 0 Å². The van der Waals surface area contributed by atoms with Crippen LogP contribution in [0.25, 0.3) is 0 Å². The number of carbonyl (C=O) groups is 1. The van der Waals surface area contributed by atoms with E-state index in [9.17, 15) is 4.79 Å². The molecule has 0 radical (unpaired) electrons. The average molecular weight is 233 g/mol. The lowest BCUT2D eigenvalue weighted by Gasteiger charge is -2.37. The van der Waals surface area contributed by atoms with E-state index < -0.39 is 0 Å². The van der Waals surface area contributed by atoms with Crippen molar-refractivity contribution in [1.82, 2.24) is 10.3 Å². The molecule has 92 valence electrons. The fourth-order valence-electron chi connectivity index (χ4n) is 2.07. The molecule has 4 heteroatoms. The smallest absolute Gasteiger partial charge is 0.221 e. The summed E-state index contributed by atoms with van der Waals surface area (Å²) < 4.78 is 0. The summed E-state index contributed by atoms with van der Waals surface area (Å²) in [5.41, 5.74) is 6.79. The Hall–Kier alpha value is -1.42. The molecule has 1 fully saturated rings. The zero-order chi connectivity index (χ0) is 12.1. The highest BCUT2D eigenvalue weighted by Crippen LogP contribution is 2.31. The van der Waals surface area contributed by atoms with Gasteiger partial charge in [0.2, 0.25) is 5.91 Å². The number of hydrogen-bond donors (Lipinski definition) is 2. The van der Waals surface area contributed by atoms with E-state index in [0.717, 1.165) is 31.4 Å². The van der Waals surface area contributed by atoms with Gasteiger partial charge in [0.05, 0.1) is 0 Å². The minimum Gasteiger partial charge on any atom is -0.356 e. The second-order valence-corrected chi connectivity index (χ2v) is 4.81. The molecule has 2 rings (SSSR count). The summed E-state index contributed by atoms with van der Waals surface area (Å²) in [7, 11) is 0. The van der Waals surface area contributed by atoms with E-state index >= 15 is 0 Å². The highest BCUT2D eigenvalue weighted by atomic mass is 16.1. The Morgan fingerprint density at radius 1 is 1.47 bits per heavy atom. The second-order valence-electron chi connectivity index (χ2n) is 4.81. The van der Waals surface area contributed by atoms with Gasteiger partial charge < -0.3 is 11.1 Å². The molecule has 0 aliphatic heterocycles. The Morgan fingerprint density at radius 2 is 2.29 bits per heavy atom. The molecular weight excluding hydrogens is 214 g/mol. The second kappa shape index (κ2) is 5.27. The van der Waals surface area contributed by atoms with Gasteiger partial charge in [-0.15, -0.1) is 0 Å². The standard InChI is InChI=1S/C13H19N3O/c14-13(6-3-7-13)10-12(17)16-9-5-11-4-1-2-8-15-11/h1-2,4,8H,3,5-7,9-10,14H2,(H,16,17). The van der Waals surface area contributed by atoms with Crippen molar-refractivity contribution in [2.75, 3.05) is 6.54 Å². The molecule has 0 aromatic carbocycles. The minimum atomic E-state index is -0.227. The third-order valence-corrected chi connectivity index (χ3v) is 3.29. The molecule has 1 aliphatic carbocycles. The Balaban J connectivity index is 1.66. The third-order valence-electron chi connectivity index (χ3n) is 3.29. The molecule has 17 heavy (non-hydrogen) atoms. The summed E-state index contributed by atoms with van der Waals surface area (Å²) in [4.78, 5) is 15.8. The van der Waals surface area contributed by atoms with Crippen molar-refractivity contribution in [2.24, 2.45) is 5.73 Å². The van der Waals surface area contributed by atoms with E-state index in [1.54, 1.807) is 6.20 Å². The van der Waals surface area contributed by atoms with Crippen LogP contribution in [-0.2, 0) is 11.2 Å². The molecule has 1 aromatic heterocycles. The maximum Gasteiger partial charge on any atom is 0.221 e. The average Bonchev–Trinajstić information content (AvgIpc) is 2.28. The summed E-state index contributed by atoms with van der Waals surface area (Å²) in [6.07, 6.45) is 6.08. The van der Waals surface area contributed by atoms with E-state index in [0.29, 0.717) is 13.0 Å². The molecule has 1 amide bonds. The number of amides is 1. The van der Waals surface area contributed by atoms with Crippen molar-refractivity contribution in [1.29, 1.82) is 0 Å². The number of nitrogens with one attached hydrogen (secondary N) is 1. The van der Waals surface area contributed by atoms with Crippen LogP contribution < -0.4 is 11.1 Å². The number of nitrogens with zero attached hydrogens (tertiary/aromatic N) is 1. The first kappa shape index (κ1) is 12.0. The van der Waals surface area contributed by atoms with Crippen molar-refractivity contribution in [3.8, 4) is 0 Å². The van der Waals surface area contributed by atoms with Gasteiger partial charge in [0.15, 0.2) is 0 Å². The summed E-state index contributed by atoms with van der Waals surface area (Å²) >= 11 is 0. The van der Waals surface area contributed by atoms with Gasteiger partial charge in [-0.1, -0.05) is 6.07 Å². The predicted molar refractivity (Wildman–Crippen MR) is 66.3 cm³/mol. The molecule has 1 heterocycles. The van der Waals surface area contributed by atoms with Crippen LogP contribution in [0.2, 0.25) is 0 Å². The van der Waals surface area contributed by atoms with E-state index in [2.05, 4.69) is 10.3 Å². The molecule has 4 nitrogen and oxygen atoms in total. The zero-order valence-corrected chi connectivity index (χ0v) is 9.98. The van der Waals surface area contributed by atoms with Crippen molar-refractivity contribution in [3.05, 3.63) is 30.1 Å². The number of pyridine rings is 1. The SMILES string of the molecule is NC1(CC(=O)NCCc2ccccn2)CCC1. The van der Waals surface area contributed by atoms with E-state index in [1.807, 2.05) is 18.2 Å². The first-order chi connectivity index (χ1) is 8.18. The Morgan fingerprint density at radius 3 is 2.88 bits per heavy atom. The number of aromatic nitrogens is 1. The van der Waals surface area contributed by atoms with E-state index in [-0.39, 0.29) is 11.4 Å². The first-order valence-corrected chi connectivity index (χ1v) is 6.13. The largest absolute Gasteiger partial charge is 0.356 e. The van der Waals surface area contributed by atoms with Gasteiger partial charge in [0.25, 0.3) is 0 Å². The Labute approximate surface area is 102 Å². The lowest BCUT2D eigenvalue weighted by molar-refractivity contribution is -0.122. The molecular formula is C13H19N3O. The van der Waals surface area contributed by atoms with Gasteiger partial charge in [-0.3, -0.25) is 9.78 Å². The molecule has 0 saturated heterocycles. The lowest BCUT2D eigenvalue weighted by Crippen LogP contribution is -2.50. The van der Waals surface area contributed by atoms with Gasteiger partial charge in [0, 0.05) is 36.8 Å². The van der Waals surface area contributed by atoms with Crippen LogP contribution in [0.1, 0.15) is 31.4 Å². The fraction of sp³-hybridized carbons (Fsp3) is 0.538. The van der Waals surface area contributed by atoms with Gasteiger partial charge in [-0.2, -0.15) is 0 Å². The summed E-state index contributed by atoms with van der Waals surface area (Å²) in [6, 6.07) is 5.80. The van der Waals surface area contributed by atoms with Crippen LogP contribution >= 0.6 is 0 Å². The number of rotatable bonds is 5. The van der Waals surface area contributed by atoms with Crippen LogP contribution in [0.3, 0.4) is 0 Å². The molecule has 0 atom stereocenters.